The Bertz CT molecular complexity index is 1350. The standard InChI is InChI=1S/C24H25F2N7O2/c1-27-10-24(6-7-24)19-16(26)21(29-17-12-4-2-11(3-5-12)15(17)23(34)35)31-22(30-19)18-14-8-13(25)9-28-20(14)33-32-18/h8-12,15,17H,2-7H2,1H3,(H,34,35)(H,28,32,33)(H,29,30,31)/b27-10+/t11?,12?,15-,17-/m0/s1. The van der Waals surface area contributed by atoms with Gasteiger partial charge in [-0.25, -0.2) is 23.7 Å². The van der Waals surface area contributed by atoms with Gasteiger partial charge >= 0.3 is 5.97 Å². The van der Waals surface area contributed by atoms with E-state index in [1.807, 2.05) is 0 Å². The molecule has 182 valence electrons. The van der Waals surface area contributed by atoms with Crippen molar-refractivity contribution in [1.82, 2.24) is 25.1 Å². The topological polar surface area (TPSA) is 129 Å². The summed E-state index contributed by atoms with van der Waals surface area (Å²) in [5, 5.41) is 20.5. The van der Waals surface area contributed by atoms with E-state index in [2.05, 4.69) is 35.5 Å². The Labute approximate surface area is 199 Å². The molecule has 0 saturated heterocycles. The molecule has 3 heterocycles. The van der Waals surface area contributed by atoms with Crippen LogP contribution < -0.4 is 5.32 Å². The van der Waals surface area contributed by atoms with Gasteiger partial charge in [0.1, 0.15) is 11.5 Å². The molecule has 2 bridgehead atoms. The van der Waals surface area contributed by atoms with Gasteiger partial charge in [0.15, 0.2) is 23.1 Å². The molecule has 0 aromatic carbocycles. The Morgan fingerprint density at radius 1 is 1.23 bits per heavy atom. The summed E-state index contributed by atoms with van der Waals surface area (Å²) in [5.74, 6) is -2.38. The minimum atomic E-state index is -0.872. The molecule has 11 heteroatoms. The number of halogens is 2. The second-order valence-corrected chi connectivity index (χ2v) is 9.93. The van der Waals surface area contributed by atoms with Crippen LogP contribution in [0.3, 0.4) is 0 Å². The number of aliphatic carboxylic acids is 1. The first-order valence-electron chi connectivity index (χ1n) is 11.9. The Balaban J connectivity index is 1.49. The van der Waals surface area contributed by atoms with Gasteiger partial charge in [0, 0.05) is 19.3 Å². The van der Waals surface area contributed by atoms with Crippen LogP contribution in [-0.4, -0.2) is 55.5 Å². The summed E-state index contributed by atoms with van der Waals surface area (Å²) < 4.78 is 29.9. The van der Waals surface area contributed by atoms with Crippen molar-refractivity contribution < 1.29 is 18.7 Å². The molecule has 7 rings (SSSR count). The van der Waals surface area contributed by atoms with E-state index >= 15 is 4.39 Å². The molecule has 0 amide bonds. The quantitative estimate of drug-likeness (QED) is 0.458. The zero-order chi connectivity index (χ0) is 24.3. The highest BCUT2D eigenvalue weighted by Gasteiger charge is 2.50. The molecule has 0 unspecified atom stereocenters. The maximum atomic E-state index is 16.0. The number of hydrogen-bond acceptors (Lipinski definition) is 7. The first kappa shape index (κ1) is 22.0. The number of aliphatic imine (C=N–C) groups is 1. The summed E-state index contributed by atoms with van der Waals surface area (Å²) in [6.45, 7) is 0. The zero-order valence-corrected chi connectivity index (χ0v) is 19.1. The zero-order valence-electron chi connectivity index (χ0n) is 19.1. The predicted molar refractivity (Wildman–Crippen MR) is 124 cm³/mol. The molecule has 4 saturated carbocycles. The fourth-order valence-electron chi connectivity index (χ4n) is 6.01. The van der Waals surface area contributed by atoms with Gasteiger partial charge < -0.3 is 10.4 Å². The third kappa shape index (κ3) is 3.55. The van der Waals surface area contributed by atoms with Crippen molar-refractivity contribution in [3.8, 4) is 11.5 Å². The Morgan fingerprint density at radius 2 is 1.97 bits per heavy atom. The van der Waals surface area contributed by atoms with Crippen LogP contribution in [0.1, 0.15) is 44.2 Å². The third-order valence-corrected chi connectivity index (χ3v) is 7.89. The molecule has 0 aliphatic heterocycles. The summed E-state index contributed by atoms with van der Waals surface area (Å²) in [6, 6.07) is 0.844. The lowest BCUT2D eigenvalue weighted by atomic mass is 9.61. The van der Waals surface area contributed by atoms with E-state index in [-0.39, 0.29) is 34.9 Å². The summed E-state index contributed by atoms with van der Waals surface area (Å²) in [5.41, 5.74) is 0.141. The average Bonchev–Trinajstić information content (AvgIpc) is 3.51. The lowest BCUT2D eigenvalue weighted by Gasteiger charge is -2.47. The molecular weight excluding hydrogens is 456 g/mol. The highest BCUT2D eigenvalue weighted by Crippen LogP contribution is 2.49. The minimum Gasteiger partial charge on any atom is -0.481 e. The smallest absolute Gasteiger partial charge is 0.308 e. The van der Waals surface area contributed by atoms with Crippen LogP contribution in [0.5, 0.6) is 0 Å². The molecule has 2 atom stereocenters. The second kappa shape index (κ2) is 8.03. The highest BCUT2D eigenvalue weighted by molar-refractivity contribution is 5.89. The third-order valence-electron chi connectivity index (χ3n) is 7.89. The molecule has 4 aliphatic rings. The van der Waals surface area contributed by atoms with E-state index in [1.54, 1.807) is 13.3 Å². The van der Waals surface area contributed by atoms with Crippen LogP contribution in [0, 0.1) is 29.4 Å². The number of carbonyl (C=O) groups is 1. The van der Waals surface area contributed by atoms with E-state index in [4.69, 9.17) is 0 Å². The number of hydrogen-bond donors (Lipinski definition) is 3. The number of carboxylic acids is 1. The average molecular weight is 482 g/mol. The summed E-state index contributed by atoms with van der Waals surface area (Å²) in [4.78, 5) is 29.3. The Hall–Kier alpha value is -3.50. The van der Waals surface area contributed by atoms with Crippen LogP contribution >= 0.6 is 0 Å². The monoisotopic (exact) mass is 481 g/mol. The van der Waals surface area contributed by atoms with E-state index < -0.39 is 35.0 Å². The van der Waals surface area contributed by atoms with Crippen molar-refractivity contribution in [3.05, 3.63) is 29.6 Å². The number of aromatic nitrogens is 5. The molecule has 3 N–H and O–H groups in total. The molecule has 35 heavy (non-hydrogen) atoms. The number of nitrogens with one attached hydrogen (secondary N) is 2. The van der Waals surface area contributed by atoms with Crippen molar-refractivity contribution in [1.29, 1.82) is 0 Å². The molecule has 4 fully saturated rings. The van der Waals surface area contributed by atoms with Crippen LogP contribution in [0.15, 0.2) is 17.3 Å². The number of pyridine rings is 1. The van der Waals surface area contributed by atoms with Gasteiger partial charge in [-0.1, -0.05) is 0 Å². The van der Waals surface area contributed by atoms with Gasteiger partial charge in [-0.15, -0.1) is 0 Å². The minimum absolute atomic E-state index is 0.0508. The molecule has 3 aromatic heterocycles. The summed E-state index contributed by atoms with van der Waals surface area (Å²) in [6.07, 6.45) is 7.68. The largest absolute Gasteiger partial charge is 0.481 e. The van der Waals surface area contributed by atoms with E-state index in [9.17, 15) is 14.3 Å². The van der Waals surface area contributed by atoms with Crippen molar-refractivity contribution in [3.63, 3.8) is 0 Å². The maximum Gasteiger partial charge on any atom is 0.308 e. The molecule has 9 nitrogen and oxygen atoms in total. The predicted octanol–water partition coefficient (Wildman–Crippen LogP) is 3.73. The van der Waals surface area contributed by atoms with E-state index in [1.165, 1.54) is 6.07 Å². The number of H-pyrrole nitrogens is 1. The van der Waals surface area contributed by atoms with Gasteiger partial charge in [-0.3, -0.25) is 14.9 Å². The lowest BCUT2D eigenvalue weighted by molar-refractivity contribution is -0.148. The number of rotatable bonds is 6. The molecular formula is C24H25F2N7O2. The lowest BCUT2D eigenvalue weighted by Crippen LogP contribution is -2.51. The van der Waals surface area contributed by atoms with Crippen LogP contribution in [-0.2, 0) is 10.2 Å². The Morgan fingerprint density at radius 3 is 2.66 bits per heavy atom. The highest BCUT2D eigenvalue weighted by atomic mass is 19.1. The van der Waals surface area contributed by atoms with E-state index in [0.29, 0.717) is 23.9 Å². The Kier molecular flexibility index (Phi) is 5.05. The summed E-state index contributed by atoms with van der Waals surface area (Å²) in [7, 11) is 1.63. The SMILES string of the molecule is C/N=C/C1(c2nc(-c3n[nH]c4ncc(F)cc34)nc(N[C@H]3C4CCC(CC4)[C@@H]3C(=O)O)c2F)CC1. The first-order valence-corrected chi connectivity index (χ1v) is 11.9. The fourth-order valence-corrected chi connectivity index (χ4v) is 6.01. The first-order chi connectivity index (χ1) is 16.9. The number of aromatic amines is 1. The maximum absolute atomic E-state index is 16.0. The normalized spacial score (nSPS) is 26.9. The number of nitrogens with zero attached hydrogens (tertiary/aromatic N) is 5. The molecule has 0 spiro atoms. The van der Waals surface area contributed by atoms with Crippen molar-refractivity contribution in [2.75, 3.05) is 12.4 Å². The van der Waals surface area contributed by atoms with Crippen molar-refractivity contribution in [2.24, 2.45) is 22.7 Å². The van der Waals surface area contributed by atoms with E-state index in [0.717, 1.165) is 31.9 Å². The fraction of sp³-hybridized carbons (Fsp3) is 0.500. The van der Waals surface area contributed by atoms with Crippen LogP contribution in [0.25, 0.3) is 22.6 Å². The molecule has 4 aliphatic carbocycles. The summed E-state index contributed by atoms with van der Waals surface area (Å²) >= 11 is 0. The number of fused-ring (bicyclic) bond motifs is 4. The molecule has 3 aromatic rings. The van der Waals surface area contributed by atoms with Gasteiger partial charge in [-0.05, 0) is 56.4 Å². The van der Waals surface area contributed by atoms with Gasteiger partial charge in [0.05, 0.1) is 28.6 Å². The van der Waals surface area contributed by atoms with Gasteiger partial charge in [0.25, 0.3) is 0 Å². The van der Waals surface area contributed by atoms with Crippen molar-refractivity contribution >= 4 is 29.0 Å². The van der Waals surface area contributed by atoms with Crippen LogP contribution in [0.4, 0.5) is 14.6 Å². The molecule has 0 radical (unpaired) electrons. The number of anilines is 1. The second-order valence-electron chi connectivity index (χ2n) is 9.93. The van der Waals surface area contributed by atoms with Crippen molar-refractivity contribution in [2.45, 2.75) is 50.0 Å². The van der Waals surface area contributed by atoms with Gasteiger partial charge in [0.2, 0.25) is 0 Å². The number of carboxylic acid groups (broad SMARTS) is 1. The van der Waals surface area contributed by atoms with Crippen LogP contribution in [0.2, 0.25) is 0 Å². The van der Waals surface area contributed by atoms with Gasteiger partial charge in [-0.2, -0.15) is 5.10 Å².